The van der Waals surface area contributed by atoms with Gasteiger partial charge < -0.3 is 10.4 Å². The van der Waals surface area contributed by atoms with Gasteiger partial charge in [-0.3, -0.25) is 0 Å². The van der Waals surface area contributed by atoms with Gasteiger partial charge in [-0.05, 0) is 36.9 Å². The molecular formula is C10H11NO3S. The zero-order valence-corrected chi connectivity index (χ0v) is 9.00. The smallest absolute Gasteiger partial charge is 0.204 e. The van der Waals surface area contributed by atoms with Crippen molar-refractivity contribution in [3.8, 4) is 5.75 Å². The Bertz CT molecular complexity index is 532. The molecule has 0 saturated heterocycles. The minimum absolute atomic E-state index is 0.0749. The van der Waals surface area contributed by atoms with E-state index in [1.54, 1.807) is 13.1 Å². The minimum atomic E-state index is -3.34. The van der Waals surface area contributed by atoms with E-state index in [1.165, 1.54) is 18.2 Å². The van der Waals surface area contributed by atoms with Crippen LogP contribution in [-0.2, 0) is 9.84 Å². The Morgan fingerprint density at radius 1 is 1.40 bits per heavy atom. The SMILES string of the molecule is CNCC1=Cc2cc(O)ccc2S1(=O)=O. The number of hydrogen-bond donors (Lipinski definition) is 2. The molecule has 0 unspecified atom stereocenters. The number of fused-ring (bicyclic) bond motifs is 1. The van der Waals surface area contributed by atoms with Gasteiger partial charge in [0.1, 0.15) is 5.75 Å². The molecule has 4 nitrogen and oxygen atoms in total. The van der Waals surface area contributed by atoms with Crippen molar-refractivity contribution in [2.24, 2.45) is 0 Å². The number of phenolic OH excluding ortho intramolecular Hbond substituents is 1. The molecule has 0 aromatic heterocycles. The fraction of sp³-hybridized carbons (Fsp3) is 0.200. The van der Waals surface area contributed by atoms with Gasteiger partial charge in [0.05, 0.1) is 9.80 Å². The van der Waals surface area contributed by atoms with Gasteiger partial charge in [-0.2, -0.15) is 0 Å². The van der Waals surface area contributed by atoms with Crippen LogP contribution < -0.4 is 5.32 Å². The number of likely N-dealkylation sites (N-methyl/N-ethyl adjacent to an activating group) is 1. The second kappa shape index (κ2) is 3.36. The Balaban J connectivity index is 2.58. The third kappa shape index (κ3) is 1.53. The molecule has 0 radical (unpaired) electrons. The zero-order chi connectivity index (χ0) is 11.1. The molecule has 0 amide bonds. The van der Waals surface area contributed by atoms with E-state index in [4.69, 9.17) is 0 Å². The van der Waals surface area contributed by atoms with E-state index < -0.39 is 9.84 Å². The van der Waals surface area contributed by atoms with Crippen molar-refractivity contribution >= 4 is 15.9 Å². The van der Waals surface area contributed by atoms with E-state index in [1.807, 2.05) is 0 Å². The van der Waals surface area contributed by atoms with Crippen LogP contribution in [0, 0.1) is 0 Å². The maximum Gasteiger partial charge on any atom is 0.204 e. The summed E-state index contributed by atoms with van der Waals surface area (Å²) in [6.45, 7) is 0.303. The highest BCUT2D eigenvalue weighted by atomic mass is 32.2. The summed E-state index contributed by atoms with van der Waals surface area (Å²) in [7, 11) is -1.65. The maximum absolute atomic E-state index is 11.9. The molecule has 0 fully saturated rings. The van der Waals surface area contributed by atoms with Crippen molar-refractivity contribution in [1.29, 1.82) is 0 Å². The monoisotopic (exact) mass is 225 g/mol. The second-order valence-electron chi connectivity index (χ2n) is 3.37. The van der Waals surface area contributed by atoms with Crippen LogP contribution in [0.1, 0.15) is 5.56 Å². The first-order valence-electron chi connectivity index (χ1n) is 4.49. The molecule has 15 heavy (non-hydrogen) atoms. The molecule has 1 aromatic carbocycles. The fourth-order valence-electron chi connectivity index (χ4n) is 1.61. The lowest BCUT2D eigenvalue weighted by Gasteiger charge is -2.02. The van der Waals surface area contributed by atoms with Crippen molar-refractivity contribution in [2.45, 2.75) is 4.90 Å². The third-order valence-corrected chi connectivity index (χ3v) is 4.20. The van der Waals surface area contributed by atoms with E-state index in [-0.39, 0.29) is 10.6 Å². The zero-order valence-electron chi connectivity index (χ0n) is 8.19. The van der Waals surface area contributed by atoms with Crippen molar-refractivity contribution in [1.82, 2.24) is 5.32 Å². The summed E-state index contributed by atoms with van der Waals surface area (Å²) in [6, 6.07) is 4.27. The highest BCUT2D eigenvalue weighted by Crippen LogP contribution is 2.34. The predicted molar refractivity (Wildman–Crippen MR) is 57.2 cm³/mol. The van der Waals surface area contributed by atoms with Crippen molar-refractivity contribution < 1.29 is 13.5 Å². The Morgan fingerprint density at radius 3 is 2.80 bits per heavy atom. The van der Waals surface area contributed by atoms with Crippen molar-refractivity contribution in [2.75, 3.05) is 13.6 Å². The summed E-state index contributed by atoms with van der Waals surface area (Å²) < 4.78 is 23.8. The van der Waals surface area contributed by atoms with Crippen LogP contribution in [0.15, 0.2) is 28.0 Å². The predicted octanol–water partition coefficient (Wildman–Crippen LogP) is 0.740. The topological polar surface area (TPSA) is 66.4 Å². The summed E-state index contributed by atoms with van der Waals surface area (Å²) in [6.07, 6.45) is 1.58. The molecule has 1 aliphatic rings. The van der Waals surface area contributed by atoms with Gasteiger partial charge in [0.25, 0.3) is 0 Å². The molecule has 1 aromatic rings. The average Bonchev–Trinajstić information content (AvgIpc) is 2.39. The molecule has 0 spiro atoms. The molecule has 80 valence electrons. The summed E-state index contributed by atoms with van der Waals surface area (Å²) >= 11 is 0. The summed E-state index contributed by atoms with van der Waals surface area (Å²) in [5, 5.41) is 12.0. The van der Waals surface area contributed by atoms with Crippen LogP contribution in [-0.4, -0.2) is 27.1 Å². The standard InChI is InChI=1S/C10H11NO3S/c1-11-6-9-5-7-4-8(12)2-3-10(7)15(9,13)14/h2-5,11-12H,6H2,1H3. The number of sulfone groups is 1. The molecule has 0 atom stereocenters. The number of nitrogens with one attached hydrogen (secondary N) is 1. The molecule has 1 aliphatic heterocycles. The van der Waals surface area contributed by atoms with Crippen LogP contribution in [0.5, 0.6) is 5.75 Å². The summed E-state index contributed by atoms with van der Waals surface area (Å²) in [5.74, 6) is 0.0749. The quantitative estimate of drug-likeness (QED) is 0.779. The minimum Gasteiger partial charge on any atom is -0.508 e. The highest BCUT2D eigenvalue weighted by molar-refractivity contribution is 7.95. The first-order valence-corrected chi connectivity index (χ1v) is 5.97. The Labute approximate surface area is 88.2 Å². The summed E-state index contributed by atoms with van der Waals surface area (Å²) in [4.78, 5) is 0.608. The highest BCUT2D eigenvalue weighted by Gasteiger charge is 2.28. The van der Waals surface area contributed by atoms with Crippen molar-refractivity contribution in [3.05, 3.63) is 28.7 Å². The molecule has 1 heterocycles. The second-order valence-corrected chi connectivity index (χ2v) is 5.34. The largest absolute Gasteiger partial charge is 0.508 e. The molecule has 2 rings (SSSR count). The van der Waals surface area contributed by atoms with Gasteiger partial charge in [-0.25, -0.2) is 8.42 Å². The van der Waals surface area contributed by atoms with Gasteiger partial charge >= 0.3 is 0 Å². The van der Waals surface area contributed by atoms with E-state index >= 15 is 0 Å². The van der Waals surface area contributed by atoms with Crippen LogP contribution >= 0.6 is 0 Å². The first-order chi connectivity index (χ1) is 7.05. The third-order valence-electron chi connectivity index (χ3n) is 2.30. The van der Waals surface area contributed by atoms with Crippen molar-refractivity contribution in [3.63, 3.8) is 0 Å². The lowest BCUT2D eigenvalue weighted by Crippen LogP contribution is -2.14. The normalized spacial score (nSPS) is 17.3. The maximum atomic E-state index is 11.9. The lowest BCUT2D eigenvalue weighted by atomic mass is 10.2. The number of aromatic hydroxyl groups is 1. The van der Waals surface area contributed by atoms with Gasteiger partial charge in [0, 0.05) is 6.54 Å². The van der Waals surface area contributed by atoms with E-state index in [0.717, 1.165) is 0 Å². The van der Waals surface area contributed by atoms with Crippen LogP contribution in [0.25, 0.3) is 6.08 Å². The molecule has 0 aliphatic carbocycles. The first kappa shape index (κ1) is 10.2. The van der Waals surface area contributed by atoms with Gasteiger partial charge in [0.15, 0.2) is 0 Å². The van der Waals surface area contributed by atoms with Crippen LogP contribution in [0.2, 0.25) is 0 Å². The Morgan fingerprint density at radius 2 is 2.13 bits per heavy atom. The lowest BCUT2D eigenvalue weighted by molar-refractivity contribution is 0.474. The number of rotatable bonds is 2. The number of hydrogen-bond acceptors (Lipinski definition) is 4. The van der Waals surface area contributed by atoms with Crippen LogP contribution in [0.3, 0.4) is 0 Å². The van der Waals surface area contributed by atoms with E-state index in [2.05, 4.69) is 5.32 Å². The van der Waals surface area contributed by atoms with Gasteiger partial charge in [-0.1, -0.05) is 0 Å². The molecular weight excluding hydrogens is 214 g/mol. The fourth-order valence-corrected chi connectivity index (χ4v) is 3.18. The average molecular weight is 225 g/mol. The molecule has 0 bridgehead atoms. The van der Waals surface area contributed by atoms with Crippen LogP contribution in [0.4, 0.5) is 0 Å². The number of benzene rings is 1. The molecule has 2 N–H and O–H groups in total. The Hall–Kier alpha value is -1.33. The molecule has 0 saturated carbocycles. The number of phenols is 1. The van der Waals surface area contributed by atoms with E-state index in [9.17, 15) is 13.5 Å². The van der Waals surface area contributed by atoms with E-state index in [0.29, 0.717) is 17.0 Å². The van der Waals surface area contributed by atoms with Gasteiger partial charge in [0.2, 0.25) is 9.84 Å². The summed E-state index contributed by atoms with van der Waals surface area (Å²) in [5.41, 5.74) is 0.556. The Kier molecular flexibility index (Phi) is 2.28. The van der Waals surface area contributed by atoms with Gasteiger partial charge in [-0.15, -0.1) is 0 Å². The molecule has 5 heteroatoms.